The van der Waals surface area contributed by atoms with E-state index >= 15 is 0 Å². The number of furan rings is 1. The molecule has 13 heteroatoms. The van der Waals surface area contributed by atoms with Crippen molar-refractivity contribution < 1.29 is 32.3 Å². The topological polar surface area (TPSA) is 128 Å². The maximum Gasteiger partial charge on any atom is 0.490 e. The van der Waals surface area contributed by atoms with Crippen LogP contribution in [0.3, 0.4) is 0 Å². The standard InChI is InChI=1S/C24H24N6O2.C2HF3O2/c31-24(22-11-10-21(32-22)16-13-26-29(14-16)17-5-3-6-17)27-20-15-30(18-7-4-8-18)28-23(20)19-9-1-2-12-25-19;3-2(4,5)1(6)7/h1-2,9-15,17-18H,3-8H2,(H,27,31);(H,6,7). The van der Waals surface area contributed by atoms with E-state index in [1.807, 2.05) is 46.0 Å². The van der Waals surface area contributed by atoms with Gasteiger partial charge in [-0.25, -0.2) is 4.79 Å². The number of carboxylic acids is 1. The van der Waals surface area contributed by atoms with Crippen molar-refractivity contribution >= 4 is 17.6 Å². The molecule has 39 heavy (non-hydrogen) atoms. The number of alkyl halides is 3. The van der Waals surface area contributed by atoms with Crippen molar-refractivity contribution in [1.82, 2.24) is 24.5 Å². The summed E-state index contributed by atoms with van der Waals surface area (Å²) in [5.41, 5.74) is 2.91. The first-order chi connectivity index (χ1) is 18.7. The minimum atomic E-state index is -5.08. The molecule has 4 aromatic heterocycles. The van der Waals surface area contributed by atoms with Crippen molar-refractivity contribution in [2.75, 3.05) is 5.32 Å². The van der Waals surface area contributed by atoms with Gasteiger partial charge < -0.3 is 14.8 Å². The van der Waals surface area contributed by atoms with Gasteiger partial charge in [0.05, 0.1) is 35.2 Å². The maximum absolute atomic E-state index is 13.0. The highest BCUT2D eigenvalue weighted by molar-refractivity contribution is 6.04. The van der Waals surface area contributed by atoms with Crippen LogP contribution >= 0.6 is 0 Å². The van der Waals surface area contributed by atoms with Crippen LogP contribution in [0.15, 0.2) is 59.5 Å². The van der Waals surface area contributed by atoms with Crippen LogP contribution in [0.4, 0.5) is 18.9 Å². The van der Waals surface area contributed by atoms with Gasteiger partial charge in [0.15, 0.2) is 5.76 Å². The van der Waals surface area contributed by atoms with Gasteiger partial charge in [-0.2, -0.15) is 23.4 Å². The molecule has 4 aromatic rings. The molecule has 0 radical (unpaired) electrons. The molecule has 0 spiro atoms. The van der Waals surface area contributed by atoms with E-state index in [2.05, 4.69) is 15.4 Å². The fourth-order valence-corrected chi connectivity index (χ4v) is 4.13. The van der Waals surface area contributed by atoms with E-state index in [9.17, 15) is 18.0 Å². The average Bonchev–Trinajstić information content (AvgIpc) is 3.57. The molecule has 0 saturated heterocycles. The second-order valence-corrected chi connectivity index (χ2v) is 9.39. The highest BCUT2D eigenvalue weighted by Crippen LogP contribution is 2.35. The Labute approximate surface area is 220 Å². The van der Waals surface area contributed by atoms with Gasteiger partial charge in [0.25, 0.3) is 5.91 Å². The first-order valence-corrected chi connectivity index (χ1v) is 12.5. The Morgan fingerprint density at radius 3 is 2.28 bits per heavy atom. The molecular formula is C26H25F3N6O4. The molecule has 2 saturated carbocycles. The van der Waals surface area contributed by atoms with Crippen LogP contribution in [0.5, 0.6) is 0 Å². The Balaban J connectivity index is 0.000000392. The van der Waals surface area contributed by atoms with E-state index in [-0.39, 0.29) is 11.7 Å². The summed E-state index contributed by atoms with van der Waals surface area (Å²) >= 11 is 0. The minimum absolute atomic E-state index is 0.250. The second-order valence-electron chi connectivity index (χ2n) is 9.39. The van der Waals surface area contributed by atoms with Crippen molar-refractivity contribution in [3.63, 3.8) is 0 Å². The number of halogens is 3. The summed E-state index contributed by atoms with van der Waals surface area (Å²) in [6.07, 6.45) is 9.33. The molecule has 2 fully saturated rings. The van der Waals surface area contributed by atoms with Crippen LogP contribution in [-0.4, -0.2) is 47.7 Å². The molecule has 4 heterocycles. The fourth-order valence-electron chi connectivity index (χ4n) is 4.13. The molecule has 0 aromatic carbocycles. The third-order valence-electron chi connectivity index (χ3n) is 6.74. The molecule has 10 nitrogen and oxygen atoms in total. The van der Waals surface area contributed by atoms with Crippen LogP contribution < -0.4 is 5.32 Å². The first-order valence-electron chi connectivity index (χ1n) is 12.5. The summed E-state index contributed by atoms with van der Waals surface area (Å²) in [4.78, 5) is 26.3. The van der Waals surface area contributed by atoms with Crippen LogP contribution in [0.2, 0.25) is 0 Å². The number of hydrogen-bond acceptors (Lipinski definition) is 6. The van der Waals surface area contributed by atoms with Gasteiger partial charge in [-0.05, 0) is 62.8 Å². The largest absolute Gasteiger partial charge is 0.490 e. The number of aromatic nitrogens is 5. The van der Waals surface area contributed by atoms with E-state index in [0.29, 0.717) is 29.2 Å². The number of carboxylic acid groups (broad SMARTS) is 1. The summed E-state index contributed by atoms with van der Waals surface area (Å²) < 4.78 is 41.6. The van der Waals surface area contributed by atoms with E-state index in [0.717, 1.165) is 24.1 Å². The zero-order valence-electron chi connectivity index (χ0n) is 20.6. The highest BCUT2D eigenvalue weighted by atomic mass is 19.4. The predicted molar refractivity (Wildman–Crippen MR) is 133 cm³/mol. The Bertz CT molecular complexity index is 1450. The number of aliphatic carboxylic acids is 1. The number of carbonyl (C=O) groups excluding carboxylic acids is 1. The molecule has 2 aliphatic carbocycles. The third-order valence-corrected chi connectivity index (χ3v) is 6.74. The monoisotopic (exact) mass is 542 g/mol. The van der Waals surface area contributed by atoms with Gasteiger partial charge in [0, 0.05) is 18.6 Å². The number of pyridine rings is 1. The lowest BCUT2D eigenvalue weighted by molar-refractivity contribution is -0.192. The quantitative estimate of drug-likeness (QED) is 0.318. The Morgan fingerprint density at radius 2 is 1.69 bits per heavy atom. The zero-order valence-corrected chi connectivity index (χ0v) is 20.6. The highest BCUT2D eigenvalue weighted by Gasteiger charge is 2.38. The van der Waals surface area contributed by atoms with E-state index < -0.39 is 12.1 Å². The summed E-state index contributed by atoms with van der Waals surface area (Å²) in [5, 5.41) is 19.3. The summed E-state index contributed by atoms with van der Waals surface area (Å²) in [6.45, 7) is 0. The van der Waals surface area contributed by atoms with Gasteiger partial charge in [-0.1, -0.05) is 6.07 Å². The Kier molecular flexibility index (Phi) is 7.22. The number of nitrogens with one attached hydrogen (secondary N) is 1. The third kappa shape index (κ3) is 5.86. The molecular weight excluding hydrogens is 517 g/mol. The molecule has 0 bridgehead atoms. The smallest absolute Gasteiger partial charge is 0.475 e. The molecule has 6 rings (SSSR count). The molecule has 1 amide bonds. The Morgan fingerprint density at radius 1 is 1.00 bits per heavy atom. The summed E-state index contributed by atoms with van der Waals surface area (Å²) in [6, 6.07) is 10.1. The van der Waals surface area contributed by atoms with Crippen molar-refractivity contribution in [3.05, 3.63) is 60.9 Å². The molecule has 0 aliphatic heterocycles. The van der Waals surface area contributed by atoms with Gasteiger partial charge in [-0.15, -0.1) is 0 Å². The van der Waals surface area contributed by atoms with Crippen LogP contribution in [-0.2, 0) is 4.79 Å². The molecule has 2 N–H and O–H groups in total. The number of rotatable bonds is 6. The van der Waals surface area contributed by atoms with Gasteiger partial charge >= 0.3 is 12.1 Å². The number of nitrogens with zero attached hydrogens (tertiary/aromatic N) is 5. The summed E-state index contributed by atoms with van der Waals surface area (Å²) in [5.74, 6) is -2.18. The lowest BCUT2D eigenvalue weighted by atomic mass is 9.93. The van der Waals surface area contributed by atoms with E-state index in [4.69, 9.17) is 19.4 Å². The van der Waals surface area contributed by atoms with Crippen LogP contribution in [0, 0.1) is 0 Å². The minimum Gasteiger partial charge on any atom is -0.475 e. The SMILES string of the molecule is O=C(Nc1cn(C2CCC2)nc1-c1ccccn1)c1ccc(-c2cnn(C3CCC3)c2)o1.O=C(O)C(F)(F)F. The van der Waals surface area contributed by atoms with Gasteiger partial charge in [0.2, 0.25) is 0 Å². The number of carbonyl (C=O) groups is 2. The second kappa shape index (κ2) is 10.8. The molecule has 0 unspecified atom stereocenters. The van der Waals surface area contributed by atoms with Gasteiger partial charge in [0.1, 0.15) is 11.5 Å². The zero-order chi connectivity index (χ0) is 27.6. The number of hydrogen-bond donors (Lipinski definition) is 2. The fraction of sp³-hybridized carbons (Fsp3) is 0.346. The molecule has 0 atom stereocenters. The number of anilines is 1. The summed E-state index contributed by atoms with van der Waals surface area (Å²) in [7, 11) is 0. The lowest BCUT2D eigenvalue weighted by Crippen LogP contribution is -2.21. The van der Waals surface area contributed by atoms with Crippen LogP contribution in [0.1, 0.15) is 61.2 Å². The Hall–Kier alpha value is -4.42. The van der Waals surface area contributed by atoms with E-state index in [1.54, 1.807) is 18.5 Å². The predicted octanol–water partition coefficient (Wildman–Crippen LogP) is 5.74. The normalized spacial score (nSPS) is 15.6. The van der Waals surface area contributed by atoms with Crippen LogP contribution in [0.25, 0.3) is 22.7 Å². The van der Waals surface area contributed by atoms with Gasteiger partial charge in [-0.3, -0.25) is 19.1 Å². The van der Waals surface area contributed by atoms with Crippen molar-refractivity contribution in [2.45, 2.75) is 56.8 Å². The van der Waals surface area contributed by atoms with Crippen molar-refractivity contribution in [3.8, 4) is 22.7 Å². The van der Waals surface area contributed by atoms with E-state index in [1.165, 1.54) is 25.7 Å². The lowest BCUT2D eigenvalue weighted by Gasteiger charge is -2.25. The maximum atomic E-state index is 13.0. The van der Waals surface area contributed by atoms with Crippen molar-refractivity contribution in [1.29, 1.82) is 0 Å². The average molecular weight is 543 g/mol. The number of amides is 1. The molecule has 2 aliphatic rings. The first kappa shape index (κ1) is 26.2. The van der Waals surface area contributed by atoms with Crippen molar-refractivity contribution in [2.24, 2.45) is 0 Å². The molecule has 204 valence electrons.